The molecule has 5 heteroatoms. The predicted octanol–water partition coefficient (Wildman–Crippen LogP) is 2.07. The summed E-state index contributed by atoms with van der Waals surface area (Å²) in [6, 6.07) is 13.3. The second-order valence-electron chi connectivity index (χ2n) is 5.90. The number of hydrogen-bond acceptors (Lipinski definition) is 3. The van der Waals surface area contributed by atoms with Gasteiger partial charge in [0, 0.05) is 19.3 Å². The minimum atomic E-state index is -0.0445. The monoisotopic (exact) mass is 324 g/mol. The van der Waals surface area contributed by atoms with Gasteiger partial charge in [0.25, 0.3) is 0 Å². The lowest BCUT2D eigenvalue weighted by molar-refractivity contribution is -0.120. The van der Waals surface area contributed by atoms with Gasteiger partial charge in [-0.1, -0.05) is 24.3 Å². The molecule has 1 heterocycles. The molecule has 0 spiro atoms. The number of ether oxygens (including phenoxy) is 1. The number of rotatable bonds is 5. The zero-order chi connectivity index (χ0) is 17.1. The largest absolute Gasteiger partial charge is 0.497 e. The molecule has 0 saturated heterocycles. The zero-order valence-corrected chi connectivity index (χ0v) is 13.8. The van der Waals surface area contributed by atoms with Gasteiger partial charge in [0.15, 0.2) is 0 Å². The Morgan fingerprint density at radius 2 is 2.04 bits per heavy atom. The Labute approximate surface area is 141 Å². The number of nitrogens with zero attached hydrogens (tertiary/aromatic N) is 1. The Morgan fingerprint density at radius 1 is 1.21 bits per heavy atom. The number of likely N-dealkylation sites (N-methyl/N-ethyl adjacent to an activating group) is 1. The summed E-state index contributed by atoms with van der Waals surface area (Å²) in [5, 5.41) is 2.92. The molecule has 2 aromatic carbocycles. The van der Waals surface area contributed by atoms with Gasteiger partial charge < -0.3 is 15.0 Å². The lowest BCUT2D eigenvalue weighted by Gasteiger charge is -2.11. The summed E-state index contributed by atoms with van der Waals surface area (Å²) in [6.07, 6.45) is 0.737. The van der Waals surface area contributed by atoms with E-state index in [2.05, 4.69) is 5.32 Å². The first kappa shape index (κ1) is 16.1. The Bertz CT molecular complexity index is 786. The standard InChI is InChI=1S/C19H20N2O3/c1-21-17-7-6-14(8-15(17)11-19(21)23)12-20-18(22)10-13-4-3-5-16(9-13)24-2/h3-9H,10-12H2,1-2H3,(H,20,22). The van der Waals surface area contributed by atoms with E-state index in [4.69, 9.17) is 4.74 Å². The van der Waals surface area contributed by atoms with Gasteiger partial charge in [0.2, 0.25) is 11.8 Å². The maximum Gasteiger partial charge on any atom is 0.231 e. The molecule has 1 aliphatic rings. The zero-order valence-electron chi connectivity index (χ0n) is 13.8. The average molecular weight is 324 g/mol. The fourth-order valence-corrected chi connectivity index (χ4v) is 2.86. The van der Waals surface area contributed by atoms with Gasteiger partial charge in [0.1, 0.15) is 5.75 Å². The first-order chi connectivity index (χ1) is 11.6. The lowest BCUT2D eigenvalue weighted by Crippen LogP contribution is -2.24. The SMILES string of the molecule is COc1cccc(CC(=O)NCc2ccc3c(c2)CC(=O)N3C)c1. The molecular formula is C19H20N2O3. The Hall–Kier alpha value is -2.82. The molecule has 24 heavy (non-hydrogen) atoms. The minimum absolute atomic E-state index is 0.0445. The molecule has 5 nitrogen and oxygen atoms in total. The van der Waals surface area contributed by atoms with Crippen molar-refractivity contribution in [2.24, 2.45) is 0 Å². The van der Waals surface area contributed by atoms with Gasteiger partial charge in [-0.2, -0.15) is 0 Å². The molecule has 0 unspecified atom stereocenters. The van der Waals surface area contributed by atoms with E-state index in [1.54, 1.807) is 19.1 Å². The molecule has 0 aliphatic carbocycles. The molecule has 3 rings (SSSR count). The van der Waals surface area contributed by atoms with E-state index < -0.39 is 0 Å². The lowest BCUT2D eigenvalue weighted by atomic mass is 10.1. The Morgan fingerprint density at radius 3 is 2.83 bits per heavy atom. The van der Waals surface area contributed by atoms with E-state index in [-0.39, 0.29) is 11.8 Å². The molecule has 2 amide bonds. The molecule has 0 radical (unpaired) electrons. The molecule has 0 aromatic heterocycles. The smallest absolute Gasteiger partial charge is 0.231 e. The second-order valence-corrected chi connectivity index (χ2v) is 5.90. The van der Waals surface area contributed by atoms with Crippen molar-refractivity contribution in [2.45, 2.75) is 19.4 Å². The number of methoxy groups -OCH3 is 1. The number of anilines is 1. The number of amides is 2. The van der Waals surface area contributed by atoms with Gasteiger partial charge >= 0.3 is 0 Å². The van der Waals surface area contributed by atoms with Crippen molar-refractivity contribution in [3.63, 3.8) is 0 Å². The highest BCUT2D eigenvalue weighted by atomic mass is 16.5. The maximum absolute atomic E-state index is 12.1. The Balaban J connectivity index is 1.59. The number of benzene rings is 2. The van der Waals surface area contributed by atoms with Crippen LogP contribution in [-0.2, 0) is 29.0 Å². The van der Waals surface area contributed by atoms with Crippen LogP contribution in [0.25, 0.3) is 0 Å². The number of nitrogens with one attached hydrogen (secondary N) is 1. The molecule has 0 atom stereocenters. The van der Waals surface area contributed by atoms with Crippen LogP contribution < -0.4 is 15.0 Å². The summed E-state index contributed by atoms with van der Waals surface area (Å²) in [7, 11) is 3.39. The average Bonchev–Trinajstić information content (AvgIpc) is 2.87. The van der Waals surface area contributed by atoms with Crippen molar-refractivity contribution < 1.29 is 14.3 Å². The third-order valence-corrected chi connectivity index (χ3v) is 4.21. The van der Waals surface area contributed by atoms with Crippen LogP contribution in [0.15, 0.2) is 42.5 Å². The van der Waals surface area contributed by atoms with Gasteiger partial charge in [-0.3, -0.25) is 9.59 Å². The third-order valence-electron chi connectivity index (χ3n) is 4.21. The highest BCUT2D eigenvalue weighted by Crippen LogP contribution is 2.28. The molecule has 0 saturated carbocycles. The van der Waals surface area contributed by atoms with Crippen LogP contribution in [0.3, 0.4) is 0 Å². The van der Waals surface area contributed by atoms with Crippen molar-refractivity contribution in [1.82, 2.24) is 5.32 Å². The van der Waals surface area contributed by atoms with Gasteiger partial charge in [-0.15, -0.1) is 0 Å². The molecule has 0 fully saturated rings. The normalized spacial score (nSPS) is 12.9. The first-order valence-corrected chi connectivity index (χ1v) is 7.85. The summed E-state index contributed by atoms with van der Waals surface area (Å²) >= 11 is 0. The van der Waals surface area contributed by atoms with E-state index in [9.17, 15) is 9.59 Å². The van der Waals surface area contributed by atoms with Crippen LogP contribution in [0.2, 0.25) is 0 Å². The molecule has 1 N–H and O–H groups in total. The Kier molecular flexibility index (Phi) is 4.51. The van der Waals surface area contributed by atoms with Gasteiger partial charge in [-0.05, 0) is 34.9 Å². The molecule has 0 bridgehead atoms. The fourth-order valence-electron chi connectivity index (χ4n) is 2.86. The van der Waals surface area contributed by atoms with Gasteiger partial charge in [-0.25, -0.2) is 0 Å². The summed E-state index contributed by atoms with van der Waals surface area (Å²) in [5.41, 5.74) is 3.87. The second kappa shape index (κ2) is 6.74. The van der Waals surface area contributed by atoms with Crippen LogP contribution in [0.4, 0.5) is 5.69 Å². The van der Waals surface area contributed by atoms with Crippen LogP contribution in [0.1, 0.15) is 16.7 Å². The summed E-state index contributed by atoms with van der Waals surface area (Å²) in [4.78, 5) is 25.5. The van der Waals surface area contributed by atoms with Crippen LogP contribution in [0.5, 0.6) is 5.75 Å². The predicted molar refractivity (Wildman–Crippen MR) is 92.1 cm³/mol. The van der Waals surface area contributed by atoms with E-state index in [0.717, 1.165) is 28.1 Å². The van der Waals surface area contributed by atoms with E-state index in [1.165, 1.54) is 0 Å². The minimum Gasteiger partial charge on any atom is -0.497 e. The van der Waals surface area contributed by atoms with Crippen molar-refractivity contribution in [3.05, 3.63) is 59.2 Å². The van der Waals surface area contributed by atoms with Crippen LogP contribution in [-0.4, -0.2) is 26.0 Å². The highest BCUT2D eigenvalue weighted by Gasteiger charge is 2.23. The van der Waals surface area contributed by atoms with E-state index >= 15 is 0 Å². The quantitative estimate of drug-likeness (QED) is 0.916. The molecule has 124 valence electrons. The van der Waals surface area contributed by atoms with Gasteiger partial charge in [0.05, 0.1) is 20.0 Å². The third kappa shape index (κ3) is 3.40. The van der Waals surface area contributed by atoms with Crippen LogP contribution >= 0.6 is 0 Å². The summed E-state index contributed by atoms with van der Waals surface area (Å²) in [6.45, 7) is 0.452. The number of fused-ring (bicyclic) bond motifs is 1. The van der Waals surface area contributed by atoms with E-state index in [1.807, 2.05) is 42.5 Å². The summed E-state index contributed by atoms with van der Waals surface area (Å²) in [5.74, 6) is 0.800. The maximum atomic E-state index is 12.1. The molecule has 1 aliphatic heterocycles. The van der Waals surface area contributed by atoms with Crippen molar-refractivity contribution in [2.75, 3.05) is 19.1 Å². The van der Waals surface area contributed by atoms with Crippen molar-refractivity contribution in [3.8, 4) is 5.75 Å². The fraction of sp³-hybridized carbons (Fsp3) is 0.263. The first-order valence-electron chi connectivity index (χ1n) is 7.85. The van der Waals surface area contributed by atoms with Crippen molar-refractivity contribution in [1.29, 1.82) is 0 Å². The van der Waals surface area contributed by atoms with Crippen molar-refractivity contribution >= 4 is 17.5 Å². The molecular weight excluding hydrogens is 304 g/mol. The number of carbonyl (C=O) groups excluding carboxylic acids is 2. The number of carbonyl (C=O) groups is 2. The van der Waals surface area contributed by atoms with E-state index in [0.29, 0.717) is 19.4 Å². The topological polar surface area (TPSA) is 58.6 Å². The number of hydrogen-bond donors (Lipinski definition) is 1. The molecule has 2 aromatic rings. The highest BCUT2D eigenvalue weighted by molar-refractivity contribution is 6.00. The van der Waals surface area contributed by atoms with Crippen LogP contribution in [0, 0.1) is 0 Å². The summed E-state index contributed by atoms with van der Waals surface area (Å²) < 4.78 is 5.16.